The first kappa shape index (κ1) is 17.4. The van der Waals surface area contributed by atoms with Gasteiger partial charge in [0.1, 0.15) is 11.6 Å². The number of nitrogens with zero attached hydrogens (tertiary/aromatic N) is 2. The zero-order chi connectivity index (χ0) is 19.8. The Balaban J connectivity index is 1.56. The van der Waals surface area contributed by atoms with Crippen molar-refractivity contribution in [2.45, 2.75) is 12.5 Å². The van der Waals surface area contributed by atoms with E-state index in [1.165, 1.54) is 30.3 Å². The number of nitro groups is 1. The van der Waals surface area contributed by atoms with Gasteiger partial charge >= 0.3 is 5.63 Å². The quantitative estimate of drug-likeness (QED) is 0.320. The van der Waals surface area contributed by atoms with Gasteiger partial charge in [-0.05, 0) is 36.4 Å². The number of hydrogen-bond acceptors (Lipinski definition) is 7. The first-order valence-electron chi connectivity index (χ1n) is 8.34. The maximum absolute atomic E-state index is 12.7. The summed E-state index contributed by atoms with van der Waals surface area (Å²) < 4.78 is 5.07. The predicted molar refractivity (Wildman–Crippen MR) is 100 cm³/mol. The van der Waals surface area contributed by atoms with E-state index in [4.69, 9.17) is 4.42 Å². The molecule has 0 spiro atoms. The van der Waals surface area contributed by atoms with Crippen LogP contribution in [0.15, 0.2) is 63.8 Å². The van der Waals surface area contributed by atoms with Gasteiger partial charge in [-0.15, -0.1) is 0 Å². The van der Waals surface area contributed by atoms with E-state index in [0.29, 0.717) is 16.7 Å². The van der Waals surface area contributed by atoms with Crippen molar-refractivity contribution in [3.8, 4) is 0 Å². The molecule has 1 fully saturated rings. The molecule has 9 nitrogen and oxygen atoms in total. The first-order valence-corrected chi connectivity index (χ1v) is 8.34. The second kappa shape index (κ2) is 6.62. The van der Waals surface area contributed by atoms with E-state index in [1.807, 2.05) is 0 Å². The van der Waals surface area contributed by atoms with Crippen LogP contribution in [0.5, 0.6) is 0 Å². The first-order chi connectivity index (χ1) is 13.4. The molecule has 140 valence electrons. The fraction of sp³-hybridized carbons (Fsp3) is 0.105. The summed E-state index contributed by atoms with van der Waals surface area (Å²) in [4.78, 5) is 47.5. The number of benzene rings is 2. The summed E-state index contributed by atoms with van der Waals surface area (Å²) >= 11 is 0. The van der Waals surface area contributed by atoms with Crippen molar-refractivity contribution in [1.29, 1.82) is 0 Å². The summed E-state index contributed by atoms with van der Waals surface area (Å²) in [5.41, 5.74) is 0.714. The van der Waals surface area contributed by atoms with Crippen LogP contribution in [0.4, 0.5) is 17.1 Å². The fourth-order valence-corrected chi connectivity index (χ4v) is 3.10. The van der Waals surface area contributed by atoms with Crippen LogP contribution < -0.4 is 15.8 Å². The highest BCUT2D eigenvalue weighted by Gasteiger charge is 2.39. The van der Waals surface area contributed by atoms with Crippen molar-refractivity contribution in [3.63, 3.8) is 0 Å². The Labute approximate surface area is 157 Å². The van der Waals surface area contributed by atoms with Gasteiger partial charge in [-0.2, -0.15) is 0 Å². The molecule has 1 N–H and O–H groups in total. The lowest BCUT2D eigenvalue weighted by Crippen LogP contribution is -2.34. The van der Waals surface area contributed by atoms with E-state index >= 15 is 0 Å². The zero-order valence-electron chi connectivity index (χ0n) is 14.3. The number of hydrogen-bond donors (Lipinski definition) is 1. The molecular weight excluding hydrogens is 366 g/mol. The van der Waals surface area contributed by atoms with E-state index in [0.717, 1.165) is 4.90 Å². The van der Waals surface area contributed by atoms with Crippen molar-refractivity contribution < 1.29 is 18.9 Å². The van der Waals surface area contributed by atoms with Gasteiger partial charge in [-0.1, -0.05) is 0 Å². The highest BCUT2D eigenvalue weighted by Crippen LogP contribution is 2.27. The van der Waals surface area contributed by atoms with Crippen molar-refractivity contribution in [2.75, 3.05) is 10.2 Å². The second-order valence-electron chi connectivity index (χ2n) is 6.25. The van der Waals surface area contributed by atoms with Crippen molar-refractivity contribution in [3.05, 3.63) is 75.1 Å². The number of rotatable bonds is 4. The molecule has 3 aromatic rings. The SMILES string of the molecule is O=C1CC(Nc2ccc3oc(=O)ccc3c2)C(=O)N1c1ccc([N+](=O)[O-])cc1. The largest absolute Gasteiger partial charge is 0.423 e. The van der Waals surface area contributed by atoms with Crippen LogP contribution in [0.3, 0.4) is 0 Å². The number of carbonyl (C=O) groups excluding carboxylic acids is 2. The Hall–Kier alpha value is -4.01. The molecular formula is C19H13N3O6. The van der Waals surface area contributed by atoms with E-state index in [1.54, 1.807) is 24.3 Å². The standard InChI is InChI=1S/C19H13N3O6/c23-17-10-15(19(25)21(17)13-3-5-14(6-4-13)22(26)27)20-12-2-7-16-11(9-12)1-8-18(24)28-16/h1-9,15,20H,10H2. The van der Waals surface area contributed by atoms with Crippen LogP contribution in [0.1, 0.15) is 6.42 Å². The van der Waals surface area contributed by atoms with Gasteiger partial charge in [0.2, 0.25) is 5.91 Å². The summed E-state index contributed by atoms with van der Waals surface area (Å²) in [6.07, 6.45) is -0.0439. The number of anilines is 2. The highest BCUT2D eigenvalue weighted by molar-refractivity contribution is 6.23. The van der Waals surface area contributed by atoms with Gasteiger partial charge in [-0.3, -0.25) is 19.7 Å². The molecule has 1 unspecified atom stereocenters. The molecule has 0 saturated carbocycles. The number of fused-ring (bicyclic) bond motifs is 1. The van der Waals surface area contributed by atoms with E-state index < -0.39 is 28.4 Å². The molecule has 0 bridgehead atoms. The topological polar surface area (TPSA) is 123 Å². The molecule has 1 aliphatic rings. The van der Waals surface area contributed by atoms with Crippen LogP contribution in [-0.4, -0.2) is 22.8 Å². The van der Waals surface area contributed by atoms with Gasteiger partial charge in [0.05, 0.1) is 17.0 Å². The van der Waals surface area contributed by atoms with Crippen LogP contribution in [-0.2, 0) is 9.59 Å². The van der Waals surface area contributed by atoms with E-state index in [2.05, 4.69) is 5.32 Å². The third-order valence-electron chi connectivity index (χ3n) is 4.43. The smallest absolute Gasteiger partial charge is 0.336 e. The molecule has 28 heavy (non-hydrogen) atoms. The van der Waals surface area contributed by atoms with Crippen molar-refractivity contribution in [2.24, 2.45) is 0 Å². The minimum atomic E-state index is -0.768. The Morgan fingerprint density at radius 1 is 1.04 bits per heavy atom. The Bertz CT molecular complexity index is 1170. The minimum absolute atomic E-state index is 0.0439. The summed E-state index contributed by atoms with van der Waals surface area (Å²) in [7, 11) is 0. The van der Waals surface area contributed by atoms with Crippen LogP contribution >= 0.6 is 0 Å². The van der Waals surface area contributed by atoms with Crippen LogP contribution in [0, 0.1) is 10.1 Å². The Kier molecular flexibility index (Phi) is 4.11. The molecule has 4 rings (SSSR count). The van der Waals surface area contributed by atoms with Crippen molar-refractivity contribution >= 4 is 39.8 Å². The summed E-state index contributed by atoms with van der Waals surface area (Å²) in [5.74, 6) is -0.846. The average molecular weight is 379 g/mol. The number of carbonyl (C=O) groups is 2. The maximum atomic E-state index is 12.7. The van der Waals surface area contributed by atoms with Gasteiger partial charge in [0.15, 0.2) is 0 Å². The van der Waals surface area contributed by atoms with Crippen molar-refractivity contribution in [1.82, 2.24) is 0 Å². The maximum Gasteiger partial charge on any atom is 0.336 e. The summed E-state index contributed by atoms with van der Waals surface area (Å²) in [5, 5.41) is 14.4. The third-order valence-corrected chi connectivity index (χ3v) is 4.43. The lowest BCUT2D eigenvalue weighted by atomic mass is 10.2. The number of nitrogens with one attached hydrogen (secondary N) is 1. The van der Waals surface area contributed by atoms with Crippen LogP contribution in [0.25, 0.3) is 11.0 Å². The molecule has 2 heterocycles. The van der Waals surface area contributed by atoms with Gasteiger partial charge < -0.3 is 9.73 Å². The molecule has 2 aromatic carbocycles. The number of amides is 2. The number of non-ortho nitro benzene ring substituents is 1. The van der Waals surface area contributed by atoms with E-state index in [-0.39, 0.29) is 17.8 Å². The molecule has 0 aliphatic carbocycles. The molecule has 0 radical (unpaired) electrons. The molecule has 1 aromatic heterocycles. The number of imide groups is 1. The molecule has 9 heteroatoms. The van der Waals surface area contributed by atoms with E-state index in [9.17, 15) is 24.5 Å². The average Bonchev–Trinajstić information content (AvgIpc) is 2.95. The highest BCUT2D eigenvalue weighted by atomic mass is 16.6. The summed E-state index contributed by atoms with van der Waals surface area (Å²) in [6, 6.07) is 12.3. The Morgan fingerprint density at radius 3 is 2.50 bits per heavy atom. The zero-order valence-corrected chi connectivity index (χ0v) is 14.3. The molecule has 1 atom stereocenters. The molecule has 1 saturated heterocycles. The monoisotopic (exact) mass is 379 g/mol. The fourth-order valence-electron chi connectivity index (χ4n) is 3.10. The Morgan fingerprint density at radius 2 is 1.79 bits per heavy atom. The third kappa shape index (κ3) is 3.09. The normalized spacial score (nSPS) is 16.6. The summed E-state index contributed by atoms with van der Waals surface area (Å²) in [6.45, 7) is 0. The predicted octanol–water partition coefficient (Wildman–Crippen LogP) is 2.45. The number of nitro benzene ring substituents is 1. The van der Waals surface area contributed by atoms with Crippen LogP contribution in [0.2, 0.25) is 0 Å². The van der Waals surface area contributed by atoms with Gasteiger partial charge in [0.25, 0.3) is 11.6 Å². The molecule has 2 amide bonds. The second-order valence-corrected chi connectivity index (χ2v) is 6.25. The lowest BCUT2D eigenvalue weighted by molar-refractivity contribution is -0.384. The van der Waals surface area contributed by atoms with Gasteiger partial charge in [0, 0.05) is 29.3 Å². The lowest BCUT2D eigenvalue weighted by Gasteiger charge is -2.16. The van der Waals surface area contributed by atoms with Gasteiger partial charge in [-0.25, -0.2) is 9.69 Å². The molecule has 1 aliphatic heterocycles. The minimum Gasteiger partial charge on any atom is -0.423 e.